The number of likely N-dealkylation sites (N-methyl/N-ethyl adjacent to an activating group) is 1. The van der Waals surface area contributed by atoms with E-state index in [9.17, 15) is 4.79 Å². The molecule has 7 heteroatoms. The number of rotatable bonds is 2. The molecule has 0 unspecified atom stereocenters. The second-order valence-corrected chi connectivity index (χ2v) is 7.35. The van der Waals surface area contributed by atoms with E-state index in [0.717, 1.165) is 61.1 Å². The quantitative estimate of drug-likeness (QED) is 0.766. The highest BCUT2D eigenvalue weighted by atomic mass is 35.5. The number of anilines is 1. The number of hydrogen-bond donors (Lipinski definition) is 1. The maximum absolute atomic E-state index is 12.4. The number of nitrogens with one attached hydrogen (secondary N) is 1. The molecule has 3 heterocycles. The van der Waals surface area contributed by atoms with Crippen LogP contribution < -0.4 is 15.8 Å². The van der Waals surface area contributed by atoms with Crippen molar-refractivity contribution in [2.24, 2.45) is 0 Å². The minimum atomic E-state index is -0.181. The molecule has 1 N–H and O–H groups in total. The first-order chi connectivity index (χ1) is 12.1. The first-order valence-electron chi connectivity index (χ1n) is 9.34. The SMILES string of the molecule is CC[C@H]1CN(c2ccc3c4c(c(=O)oc3c2C)CNCC4)CCN1C.Cl.Cl. The van der Waals surface area contributed by atoms with E-state index in [1.54, 1.807) is 0 Å². The summed E-state index contributed by atoms with van der Waals surface area (Å²) in [5, 5.41) is 4.38. The molecule has 2 aliphatic rings. The van der Waals surface area contributed by atoms with Gasteiger partial charge in [-0.1, -0.05) is 6.92 Å². The molecule has 2 aliphatic heterocycles. The summed E-state index contributed by atoms with van der Waals surface area (Å²) in [6.45, 7) is 8.98. The van der Waals surface area contributed by atoms with Crippen LogP contribution in [-0.2, 0) is 13.0 Å². The molecular formula is C20H29Cl2N3O2. The summed E-state index contributed by atoms with van der Waals surface area (Å²) in [6, 6.07) is 4.95. The lowest BCUT2D eigenvalue weighted by Gasteiger charge is -2.41. The fraction of sp³-hybridized carbons (Fsp3) is 0.550. The minimum Gasteiger partial charge on any atom is -0.422 e. The van der Waals surface area contributed by atoms with E-state index >= 15 is 0 Å². The number of aryl methyl sites for hydroxylation is 1. The third kappa shape index (κ3) is 3.83. The lowest BCUT2D eigenvalue weighted by molar-refractivity contribution is 0.213. The zero-order valence-electron chi connectivity index (χ0n) is 16.2. The highest BCUT2D eigenvalue weighted by molar-refractivity contribution is 5.88. The van der Waals surface area contributed by atoms with Crippen molar-refractivity contribution in [1.29, 1.82) is 0 Å². The molecule has 5 nitrogen and oxygen atoms in total. The van der Waals surface area contributed by atoms with E-state index in [2.05, 4.69) is 48.1 Å². The van der Waals surface area contributed by atoms with E-state index in [-0.39, 0.29) is 30.4 Å². The van der Waals surface area contributed by atoms with Crippen molar-refractivity contribution in [3.8, 4) is 0 Å². The van der Waals surface area contributed by atoms with Crippen molar-refractivity contribution in [3.63, 3.8) is 0 Å². The lowest BCUT2D eigenvalue weighted by Crippen LogP contribution is -2.51. The van der Waals surface area contributed by atoms with Crippen LogP contribution in [0.2, 0.25) is 0 Å². The van der Waals surface area contributed by atoms with Crippen molar-refractivity contribution >= 4 is 41.5 Å². The number of benzene rings is 1. The van der Waals surface area contributed by atoms with Crippen LogP contribution in [0, 0.1) is 6.92 Å². The molecule has 150 valence electrons. The van der Waals surface area contributed by atoms with Gasteiger partial charge in [0.1, 0.15) is 5.58 Å². The van der Waals surface area contributed by atoms with Gasteiger partial charge in [-0.3, -0.25) is 4.90 Å². The first kappa shape index (κ1) is 22.0. The Bertz CT molecular complexity index is 868. The predicted molar refractivity (Wildman–Crippen MR) is 116 cm³/mol. The van der Waals surface area contributed by atoms with Gasteiger partial charge in [-0.2, -0.15) is 0 Å². The van der Waals surface area contributed by atoms with Crippen LogP contribution in [0.25, 0.3) is 11.0 Å². The van der Waals surface area contributed by atoms with Crippen LogP contribution in [0.1, 0.15) is 30.0 Å². The monoisotopic (exact) mass is 413 g/mol. The Kier molecular flexibility index (Phi) is 7.20. The summed E-state index contributed by atoms with van der Waals surface area (Å²) in [5.74, 6) is 0. The lowest BCUT2D eigenvalue weighted by atomic mass is 9.96. The number of hydrogen-bond acceptors (Lipinski definition) is 5. The molecule has 2 aromatic rings. The topological polar surface area (TPSA) is 48.7 Å². The normalized spacial score (nSPS) is 20.0. The van der Waals surface area contributed by atoms with E-state index in [1.807, 2.05) is 0 Å². The van der Waals surface area contributed by atoms with Crippen LogP contribution in [0.15, 0.2) is 21.3 Å². The van der Waals surface area contributed by atoms with Crippen molar-refractivity contribution in [2.45, 2.75) is 39.3 Å². The fourth-order valence-corrected chi connectivity index (χ4v) is 4.33. The largest absolute Gasteiger partial charge is 0.422 e. The standard InChI is InChI=1S/C20H27N3O2.2ClH/c1-4-14-12-23(10-9-22(14)3)18-6-5-16-15-7-8-21-11-17(15)20(24)25-19(16)13(18)2;;/h5-6,14,21H,4,7-12H2,1-3H3;2*1H/t14-;;/m0../s1. The number of fused-ring (bicyclic) bond motifs is 3. The van der Waals surface area contributed by atoms with Crippen LogP contribution in [-0.4, -0.2) is 44.2 Å². The molecule has 1 aromatic heterocycles. The van der Waals surface area contributed by atoms with Crippen LogP contribution >= 0.6 is 24.8 Å². The average Bonchev–Trinajstić information content (AvgIpc) is 2.64. The Morgan fingerprint density at radius 1 is 1.22 bits per heavy atom. The summed E-state index contributed by atoms with van der Waals surface area (Å²) < 4.78 is 5.76. The highest BCUT2D eigenvalue weighted by Gasteiger charge is 2.26. The first-order valence-corrected chi connectivity index (χ1v) is 9.34. The van der Waals surface area contributed by atoms with Gasteiger partial charge in [-0.25, -0.2) is 4.79 Å². The molecule has 0 bridgehead atoms. The maximum Gasteiger partial charge on any atom is 0.341 e. The van der Waals surface area contributed by atoms with Crippen LogP contribution in [0.5, 0.6) is 0 Å². The Hall–Kier alpha value is -1.27. The summed E-state index contributed by atoms with van der Waals surface area (Å²) in [5.41, 5.74) is 4.86. The molecular weight excluding hydrogens is 385 g/mol. The molecule has 0 spiro atoms. The van der Waals surface area contributed by atoms with Crippen LogP contribution in [0.4, 0.5) is 5.69 Å². The van der Waals surface area contributed by atoms with E-state index < -0.39 is 0 Å². The van der Waals surface area contributed by atoms with E-state index in [1.165, 1.54) is 11.3 Å². The smallest absolute Gasteiger partial charge is 0.341 e. The summed E-state index contributed by atoms with van der Waals surface area (Å²) in [7, 11) is 2.21. The second-order valence-electron chi connectivity index (χ2n) is 7.35. The van der Waals surface area contributed by atoms with Gasteiger partial charge in [0.2, 0.25) is 0 Å². The van der Waals surface area contributed by atoms with Gasteiger partial charge in [-0.15, -0.1) is 24.8 Å². The molecule has 1 saturated heterocycles. The summed E-state index contributed by atoms with van der Waals surface area (Å²) in [6.07, 6.45) is 2.04. The van der Waals surface area contributed by atoms with Gasteiger partial charge < -0.3 is 14.6 Å². The Morgan fingerprint density at radius 2 is 2.00 bits per heavy atom. The predicted octanol–water partition coefficient (Wildman–Crippen LogP) is 3.12. The Balaban J connectivity index is 0.00000131. The summed E-state index contributed by atoms with van der Waals surface area (Å²) in [4.78, 5) is 17.3. The summed E-state index contributed by atoms with van der Waals surface area (Å²) >= 11 is 0. The number of nitrogens with zero attached hydrogens (tertiary/aromatic N) is 2. The van der Waals surface area contributed by atoms with Gasteiger partial charge in [0.05, 0.1) is 5.56 Å². The van der Waals surface area contributed by atoms with Gasteiger partial charge in [0, 0.05) is 48.9 Å². The maximum atomic E-state index is 12.4. The minimum absolute atomic E-state index is 0. The van der Waals surface area contributed by atoms with Crippen molar-refractivity contribution < 1.29 is 4.42 Å². The van der Waals surface area contributed by atoms with E-state index in [4.69, 9.17) is 4.42 Å². The third-order valence-corrected chi connectivity index (χ3v) is 5.95. The van der Waals surface area contributed by atoms with Gasteiger partial charge in [0.15, 0.2) is 0 Å². The molecule has 0 radical (unpaired) electrons. The molecule has 4 rings (SSSR count). The third-order valence-electron chi connectivity index (χ3n) is 5.95. The molecule has 1 atom stereocenters. The van der Waals surface area contributed by atoms with Gasteiger partial charge in [-0.05, 0) is 51.1 Å². The number of piperazine rings is 1. The zero-order valence-corrected chi connectivity index (χ0v) is 17.8. The molecule has 1 aromatic carbocycles. The van der Waals surface area contributed by atoms with Crippen LogP contribution in [0.3, 0.4) is 0 Å². The van der Waals surface area contributed by atoms with Gasteiger partial charge in [0.25, 0.3) is 0 Å². The van der Waals surface area contributed by atoms with E-state index in [0.29, 0.717) is 12.6 Å². The fourth-order valence-electron chi connectivity index (χ4n) is 4.33. The van der Waals surface area contributed by atoms with Crippen molar-refractivity contribution in [3.05, 3.63) is 39.2 Å². The second kappa shape index (κ2) is 8.82. The Labute approximate surface area is 172 Å². The van der Waals surface area contributed by atoms with Crippen molar-refractivity contribution in [2.75, 3.05) is 38.1 Å². The molecule has 27 heavy (non-hydrogen) atoms. The highest BCUT2D eigenvalue weighted by Crippen LogP contribution is 2.32. The number of halogens is 2. The molecule has 0 saturated carbocycles. The zero-order chi connectivity index (χ0) is 17.6. The Morgan fingerprint density at radius 3 is 2.74 bits per heavy atom. The average molecular weight is 414 g/mol. The molecule has 0 amide bonds. The van der Waals surface area contributed by atoms with Gasteiger partial charge >= 0.3 is 5.63 Å². The molecule has 0 aliphatic carbocycles. The van der Waals surface area contributed by atoms with Crippen molar-refractivity contribution in [1.82, 2.24) is 10.2 Å². The molecule has 1 fully saturated rings.